The van der Waals surface area contributed by atoms with Gasteiger partial charge in [0.2, 0.25) is 18.2 Å². The molecule has 13 nitrogen and oxygen atoms in total. The highest BCUT2D eigenvalue weighted by atomic mass is 16.5. The predicted octanol–water partition coefficient (Wildman–Crippen LogP) is 3.10. The molecule has 0 bridgehead atoms. The van der Waals surface area contributed by atoms with Crippen LogP contribution in [-0.2, 0) is 19.1 Å². The molecule has 3 heterocycles. The first kappa shape index (κ1) is 35.7. The van der Waals surface area contributed by atoms with Gasteiger partial charge in [0.05, 0.1) is 31.1 Å². The molecule has 0 saturated carbocycles. The number of carbonyl (C=O) groups is 4. The number of ether oxygens (including phenoxy) is 1. The van der Waals surface area contributed by atoms with Crippen molar-refractivity contribution in [2.45, 2.75) is 77.5 Å². The van der Waals surface area contributed by atoms with Gasteiger partial charge in [-0.3, -0.25) is 14.4 Å². The van der Waals surface area contributed by atoms with E-state index in [0.717, 1.165) is 41.9 Å². The van der Waals surface area contributed by atoms with Crippen molar-refractivity contribution >= 4 is 30.2 Å². The van der Waals surface area contributed by atoms with Gasteiger partial charge in [0.1, 0.15) is 23.7 Å². The summed E-state index contributed by atoms with van der Waals surface area (Å²) >= 11 is 0. The fourth-order valence-electron chi connectivity index (χ4n) is 6.09. The molecule has 5 N–H and O–H groups in total. The number of methoxy groups -OCH3 is 1. The van der Waals surface area contributed by atoms with Gasteiger partial charge in [0, 0.05) is 30.9 Å². The van der Waals surface area contributed by atoms with E-state index in [1.54, 1.807) is 17.2 Å². The Morgan fingerprint density at radius 1 is 1.04 bits per heavy atom. The summed E-state index contributed by atoms with van der Waals surface area (Å²) in [6.45, 7) is 8.70. The Labute approximate surface area is 281 Å². The van der Waals surface area contributed by atoms with Crippen molar-refractivity contribution < 1.29 is 23.9 Å². The van der Waals surface area contributed by atoms with Gasteiger partial charge in [0.25, 0.3) is 0 Å². The fraction of sp³-hybridized carbons (Fsp3) is 0.486. The summed E-state index contributed by atoms with van der Waals surface area (Å²) in [6, 6.07) is 5.89. The molecular weight excluding hydrogens is 612 g/mol. The van der Waals surface area contributed by atoms with Crippen molar-refractivity contribution in [3.8, 4) is 23.1 Å². The smallest absolute Gasteiger partial charge is 0.407 e. The third-order valence-corrected chi connectivity index (χ3v) is 8.69. The Hall–Kier alpha value is -5.12. The molecular formula is C35H46N8O5. The first-order valence-corrected chi connectivity index (χ1v) is 16.4. The Kier molecular flexibility index (Phi) is 12.4. The lowest BCUT2D eigenvalue weighted by Crippen LogP contribution is -2.54. The minimum absolute atomic E-state index is 0.0268. The highest BCUT2D eigenvalue weighted by molar-refractivity contribution is 5.94. The summed E-state index contributed by atoms with van der Waals surface area (Å²) in [6.07, 6.45) is 7.95. The van der Waals surface area contributed by atoms with Gasteiger partial charge in [-0.05, 0) is 55.2 Å². The number of aromatic amines is 1. The fourth-order valence-corrected chi connectivity index (χ4v) is 6.09. The van der Waals surface area contributed by atoms with Crippen LogP contribution in [-0.4, -0.2) is 88.2 Å². The molecule has 4 atom stereocenters. The number of H-pyrrole nitrogens is 1. The number of allylic oxidation sites excluding steroid dienone is 1. The molecule has 4 amide bonds. The lowest BCUT2D eigenvalue weighted by atomic mass is 10.0. The summed E-state index contributed by atoms with van der Waals surface area (Å²) in [5, 5.41) is 5.29. The molecule has 2 unspecified atom stereocenters. The maximum absolute atomic E-state index is 13.2. The monoisotopic (exact) mass is 658 g/mol. The molecule has 0 spiro atoms. The number of amidine groups is 1. The highest BCUT2D eigenvalue weighted by Gasteiger charge is 2.38. The lowest BCUT2D eigenvalue weighted by Gasteiger charge is -2.30. The zero-order valence-electron chi connectivity index (χ0n) is 28.2. The Bertz CT molecular complexity index is 1570. The van der Waals surface area contributed by atoms with Crippen molar-refractivity contribution in [3.63, 3.8) is 0 Å². The van der Waals surface area contributed by atoms with Crippen LogP contribution in [0.15, 0.2) is 47.7 Å². The summed E-state index contributed by atoms with van der Waals surface area (Å²) in [7, 11) is 1.26. The number of imidazole rings is 1. The van der Waals surface area contributed by atoms with E-state index in [-0.39, 0.29) is 35.7 Å². The zero-order chi connectivity index (χ0) is 34.8. The molecule has 2 aliphatic heterocycles. The Morgan fingerprint density at radius 3 is 2.38 bits per heavy atom. The molecule has 2 aliphatic rings. The number of hydrogen-bond donors (Lipinski definition) is 4. The maximum atomic E-state index is 13.2. The van der Waals surface area contributed by atoms with E-state index in [9.17, 15) is 19.2 Å². The Morgan fingerprint density at radius 2 is 1.71 bits per heavy atom. The minimum Gasteiger partial charge on any atom is -0.453 e. The second-order valence-corrected chi connectivity index (χ2v) is 12.6. The second kappa shape index (κ2) is 16.6. The van der Waals surface area contributed by atoms with Crippen LogP contribution >= 0.6 is 0 Å². The zero-order valence-corrected chi connectivity index (χ0v) is 28.2. The normalized spacial score (nSPS) is 19.3. The number of aliphatic imine (C=N–C) groups is 1. The second-order valence-electron chi connectivity index (χ2n) is 12.6. The predicted molar refractivity (Wildman–Crippen MR) is 182 cm³/mol. The molecule has 48 heavy (non-hydrogen) atoms. The van der Waals surface area contributed by atoms with E-state index in [0.29, 0.717) is 31.8 Å². The molecule has 0 radical (unpaired) electrons. The molecule has 1 aromatic carbocycles. The van der Waals surface area contributed by atoms with Crippen LogP contribution in [0.3, 0.4) is 0 Å². The van der Waals surface area contributed by atoms with Gasteiger partial charge >= 0.3 is 6.09 Å². The van der Waals surface area contributed by atoms with Gasteiger partial charge in [0.15, 0.2) is 0 Å². The van der Waals surface area contributed by atoms with Crippen molar-refractivity contribution in [1.82, 2.24) is 30.4 Å². The van der Waals surface area contributed by atoms with E-state index in [2.05, 4.69) is 42.2 Å². The number of rotatable bonds is 11. The van der Waals surface area contributed by atoms with Crippen LogP contribution in [0, 0.1) is 23.7 Å². The summed E-state index contributed by atoms with van der Waals surface area (Å²) in [5.74, 6) is 6.61. The van der Waals surface area contributed by atoms with Crippen molar-refractivity contribution in [2.75, 3.05) is 20.2 Å². The van der Waals surface area contributed by atoms with Crippen LogP contribution in [0.2, 0.25) is 0 Å². The summed E-state index contributed by atoms with van der Waals surface area (Å²) < 4.78 is 4.68. The largest absolute Gasteiger partial charge is 0.453 e. The molecule has 13 heteroatoms. The van der Waals surface area contributed by atoms with E-state index >= 15 is 0 Å². The van der Waals surface area contributed by atoms with E-state index in [4.69, 9.17) is 5.73 Å². The van der Waals surface area contributed by atoms with Gasteiger partial charge in [-0.25, -0.2) is 14.8 Å². The quantitative estimate of drug-likeness (QED) is 0.124. The van der Waals surface area contributed by atoms with Crippen molar-refractivity contribution in [3.05, 3.63) is 54.1 Å². The molecule has 2 aromatic rings. The first-order chi connectivity index (χ1) is 23.0. The van der Waals surface area contributed by atoms with Gasteiger partial charge in [-0.15, -0.1) is 0 Å². The number of amides is 4. The van der Waals surface area contributed by atoms with Crippen LogP contribution in [0.1, 0.15) is 70.8 Å². The third kappa shape index (κ3) is 8.61. The number of aromatic nitrogens is 2. The van der Waals surface area contributed by atoms with Crippen LogP contribution in [0.4, 0.5) is 4.79 Å². The number of likely N-dealkylation sites (tertiary alicyclic amines) is 2. The maximum Gasteiger partial charge on any atom is 0.407 e. The average molecular weight is 659 g/mol. The summed E-state index contributed by atoms with van der Waals surface area (Å²) in [4.78, 5) is 65.1. The third-order valence-electron chi connectivity index (χ3n) is 8.69. The van der Waals surface area contributed by atoms with Crippen LogP contribution < -0.4 is 16.4 Å². The van der Waals surface area contributed by atoms with Crippen LogP contribution in [0.25, 0.3) is 11.3 Å². The van der Waals surface area contributed by atoms with Crippen molar-refractivity contribution in [1.29, 1.82) is 0 Å². The van der Waals surface area contributed by atoms with E-state index < -0.39 is 18.2 Å². The van der Waals surface area contributed by atoms with E-state index in [1.165, 1.54) is 13.3 Å². The first-order valence-electron chi connectivity index (χ1n) is 16.4. The van der Waals surface area contributed by atoms with Gasteiger partial charge < -0.3 is 35.9 Å². The number of benzene rings is 1. The SMILES string of the molecule is COC(=O)NC(C(=O)N1CCC[C@H]1C(N)=N/C=C/C#Cc1ccc(-c2cnc([C@@H]3CCCN3C(=O)C(NC=O)C(C)C)[nH]2)cc1)C(C)C. The Balaban J connectivity index is 1.36. The van der Waals surface area contributed by atoms with Crippen molar-refractivity contribution in [2.24, 2.45) is 22.6 Å². The molecule has 2 saturated heterocycles. The number of nitrogens with zero attached hydrogens (tertiary/aromatic N) is 4. The number of nitrogens with two attached hydrogens (primary N) is 1. The molecule has 256 valence electrons. The van der Waals surface area contributed by atoms with Gasteiger partial charge in [-0.1, -0.05) is 51.7 Å². The van der Waals surface area contributed by atoms with E-state index in [1.807, 2.05) is 56.9 Å². The molecule has 2 fully saturated rings. The van der Waals surface area contributed by atoms with Gasteiger partial charge in [-0.2, -0.15) is 0 Å². The average Bonchev–Trinajstić information content (AvgIpc) is 3.86. The molecule has 1 aromatic heterocycles. The standard InChI is InChI=1S/C35H46N8O5/c1-22(2)29(39-21-44)33(45)43-19-9-12-28(43)32-38-20-26(40-32)25-15-13-24(14-16-25)10-6-7-17-37-31(36)27-11-8-18-42(27)34(46)30(23(3)4)41-35(47)48-5/h7,13-17,20-23,27-30H,8-9,11-12,18-19H2,1-5H3,(H2,36,37)(H,38,40)(H,39,44)(H,41,47)/b17-7+/t27-,28-,29?,30?/m0/s1. The topological polar surface area (TPSA) is 175 Å². The van der Waals surface area contributed by atoms with Crippen LogP contribution in [0.5, 0.6) is 0 Å². The number of carbonyl (C=O) groups excluding carboxylic acids is 4. The number of nitrogens with one attached hydrogen (secondary N) is 3. The molecule has 0 aliphatic carbocycles. The lowest BCUT2D eigenvalue weighted by molar-refractivity contribution is -0.137. The molecule has 4 rings (SSSR count). The number of alkyl carbamates (subject to hydrolysis) is 1. The minimum atomic E-state index is -0.724. The number of hydrogen-bond acceptors (Lipinski definition) is 7. The highest BCUT2D eigenvalue weighted by Crippen LogP contribution is 2.32. The summed E-state index contributed by atoms with van der Waals surface area (Å²) in [5.41, 5.74) is 8.85.